The van der Waals surface area contributed by atoms with Gasteiger partial charge in [-0.15, -0.1) is 0 Å². The molecule has 4 fully saturated rings. The molecule has 2 saturated carbocycles. The van der Waals surface area contributed by atoms with Crippen molar-refractivity contribution in [2.24, 2.45) is 5.92 Å². The van der Waals surface area contributed by atoms with Gasteiger partial charge in [0.25, 0.3) is 12.3 Å². The van der Waals surface area contributed by atoms with Gasteiger partial charge in [0.05, 0.1) is 29.6 Å². The summed E-state index contributed by atoms with van der Waals surface area (Å²) >= 11 is 0. The van der Waals surface area contributed by atoms with Gasteiger partial charge in [-0.1, -0.05) is 6.07 Å². The number of imidazole rings is 1. The number of hydrogen-bond acceptors (Lipinski definition) is 5. The van der Waals surface area contributed by atoms with Gasteiger partial charge in [-0.05, 0) is 57.6 Å². The summed E-state index contributed by atoms with van der Waals surface area (Å²) in [5.41, 5.74) is 1.41. The first kappa shape index (κ1) is 21.5. The van der Waals surface area contributed by atoms with Gasteiger partial charge in [0.2, 0.25) is 0 Å². The summed E-state index contributed by atoms with van der Waals surface area (Å²) in [6.07, 6.45) is 4.95. The molecule has 2 bridgehead atoms. The van der Waals surface area contributed by atoms with Gasteiger partial charge < -0.3 is 19.2 Å². The molecule has 1 N–H and O–H groups in total. The van der Waals surface area contributed by atoms with Gasteiger partial charge in [0.15, 0.2) is 0 Å². The lowest BCUT2D eigenvalue weighted by Gasteiger charge is -2.41. The number of alkyl halides is 2. The van der Waals surface area contributed by atoms with Gasteiger partial charge in [0, 0.05) is 23.9 Å². The summed E-state index contributed by atoms with van der Waals surface area (Å²) in [4.78, 5) is 21.9. The Morgan fingerprint density at radius 1 is 1.26 bits per heavy atom. The number of rotatable bonds is 7. The van der Waals surface area contributed by atoms with E-state index >= 15 is 0 Å². The number of carbonyl (C=O) groups excluding carboxylic acids is 1. The van der Waals surface area contributed by atoms with E-state index in [4.69, 9.17) is 14.5 Å². The van der Waals surface area contributed by atoms with E-state index in [9.17, 15) is 13.6 Å². The quantitative estimate of drug-likeness (QED) is 0.533. The fourth-order valence-corrected chi connectivity index (χ4v) is 5.38. The molecule has 2 aliphatic heterocycles. The van der Waals surface area contributed by atoms with Crippen molar-refractivity contribution in [3.05, 3.63) is 53.6 Å². The van der Waals surface area contributed by atoms with Crippen molar-refractivity contribution in [1.29, 1.82) is 0 Å². The molecular formula is C25H26F2N4O3. The van der Waals surface area contributed by atoms with Crippen LogP contribution in [-0.4, -0.2) is 38.6 Å². The van der Waals surface area contributed by atoms with Gasteiger partial charge in [-0.25, -0.2) is 18.7 Å². The number of nitrogens with zero attached hydrogens (tertiary/aromatic N) is 3. The van der Waals surface area contributed by atoms with Gasteiger partial charge in [0.1, 0.15) is 22.9 Å². The van der Waals surface area contributed by atoms with Crippen molar-refractivity contribution in [3.63, 3.8) is 0 Å². The van der Waals surface area contributed by atoms with Crippen LogP contribution in [-0.2, 0) is 10.2 Å². The van der Waals surface area contributed by atoms with E-state index in [1.807, 2.05) is 17.5 Å². The Bertz CT molecular complexity index is 1280. The highest BCUT2D eigenvalue weighted by Gasteiger charge is 2.61. The van der Waals surface area contributed by atoms with Gasteiger partial charge in [-0.3, -0.25) is 4.79 Å². The lowest BCUT2D eigenvalue weighted by Crippen LogP contribution is -2.45. The van der Waals surface area contributed by atoms with Crippen molar-refractivity contribution in [2.45, 2.75) is 63.1 Å². The number of pyridine rings is 2. The Labute approximate surface area is 195 Å². The predicted octanol–water partition coefficient (Wildman–Crippen LogP) is 4.92. The minimum absolute atomic E-state index is 0.0436. The van der Waals surface area contributed by atoms with Crippen molar-refractivity contribution in [2.75, 3.05) is 11.9 Å². The SMILES string of the molecule is C[C@H](Oc1cc2nc(C34COC(C)(C3)C4)cn2cc1C(=O)Nc1cccc(C(F)F)n1)C1CC1. The fourth-order valence-electron chi connectivity index (χ4n) is 5.38. The number of nitrogens with one attached hydrogen (secondary N) is 1. The number of halogens is 2. The average molecular weight is 469 g/mol. The van der Waals surface area contributed by atoms with E-state index in [0.717, 1.165) is 31.4 Å². The Morgan fingerprint density at radius 2 is 2.06 bits per heavy atom. The van der Waals surface area contributed by atoms with Crippen LogP contribution in [0.3, 0.4) is 0 Å². The fraction of sp³-hybridized carbons (Fsp3) is 0.480. The molecule has 1 atom stereocenters. The minimum atomic E-state index is -2.72. The number of ether oxygens (including phenoxy) is 2. The third-order valence-electron chi connectivity index (χ3n) is 7.30. The van der Waals surface area contributed by atoms with Crippen LogP contribution in [0.25, 0.3) is 5.65 Å². The maximum atomic E-state index is 13.2. The molecule has 34 heavy (non-hydrogen) atoms. The maximum Gasteiger partial charge on any atom is 0.280 e. The molecule has 2 saturated heterocycles. The monoisotopic (exact) mass is 468 g/mol. The van der Waals surface area contributed by atoms with Crippen LogP contribution in [0.15, 0.2) is 36.7 Å². The van der Waals surface area contributed by atoms with E-state index in [2.05, 4.69) is 17.2 Å². The predicted molar refractivity (Wildman–Crippen MR) is 120 cm³/mol. The molecule has 0 radical (unpaired) electrons. The first-order valence-corrected chi connectivity index (χ1v) is 11.6. The highest BCUT2D eigenvalue weighted by atomic mass is 19.3. The normalized spacial score (nSPS) is 26.5. The van der Waals surface area contributed by atoms with Crippen molar-refractivity contribution < 1.29 is 23.0 Å². The Hall–Kier alpha value is -3.07. The van der Waals surface area contributed by atoms with Gasteiger partial charge >= 0.3 is 0 Å². The second-order valence-electron chi connectivity index (χ2n) is 10.2. The molecule has 5 heterocycles. The number of hydrogen-bond donors (Lipinski definition) is 1. The van der Waals surface area contributed by atoms with E-state index in [-0.39, 0.29) is 22.9 Å². The molecule has 2 aliphatic carbocycles. The summed E-state index contributed by atoms with van der Waals surface area (Å²) in [5, 5.41) is 2.64. The molecule has 0 unspecified atom stereocenters. The summed E-state index contributed by atoms with van der Waals surface area (Å²) in [5.74, 6) is 0.470. The van der Waals surface area contributed by atoms with Crippen LogP contribution in [0.1, 0.15) is 67.7 Å². The second-order valence-corrected chi connectivity index (χ2v) is 10.2. The molecular weight excluding hydrogens is 442 g/mol. The molecule has 7 nitrogen and oxygen atoms in total. The molecule has 178 valence electrons. The molecule has 9 heteroatoms. The molecule has 4 aliphatic rings. The molecule has 0 aromatic carbocycles. The number of aromatic nitrogens is 3. The molecule has 0 spiro atoms. The lowest BCUT2D eigenvalue weighted by molar-refractivity contribution is 0.0154. The number of anilines is 1. The highest BCUT2D eigenvalue weighted by molar-refractivity contribution is 6.05. The second kappa shape index (κ2) is 7.46. The summed E-state index contributed by atoms with van der Waals surface area (Å²) in [7, 11) is 0. The van der Waals surface area contributed by atoms with Crippen LogP contribution >= 0.6 is 0 Å². The molecule has 1 amide bonds. The highest BCUT2D eigenvalue weighted by Crippen LogP contribution is 2.58. The van der Waals surface area contributed by atoms with Crippen molar-refractivity contribution in [1.82, 2.24) is 14.4 Å². The summed E-state index contributed by atoms with van der Waals surface area (Å²) in [6.45, 7) is 4.77. The van der Waals surface area contributed by atoms with Crippen LogP contribution in [0.5, 0.6) is 5.75 Å². The number of amides is 1. The van der Waals surface area contributed by atoms with Crippen molar-refractivity contribution >= 4 is 17.4 Å². The maximum absolute atomic E-state index is 13.2. The van der Waals surface area contributed by atoms with Crippen LogP contribution in [0.2, 0.25) is 0 Å². The zero-order valence-corrected chi connectivity index (χ0v) is 19.1. The average Bonchev–Trinajstić information content (AvgIpc) is 3.35. The third-order valence-corrected chi connectivity index (χ3v) is 7.30. The zero-order chi connectivity index (χ0) is 23.7. The molecule has 3 aromatic rings. The Balaban J connectivity index is 1.35. The topological polar surface area (TPSA) is 77.8 Å². The van der Waals surface area contributed by atoms with Crippen LogP contribution in [0.4, 0.5) is 14.6 Å². The Kier molecular flexibility index (Phi) is 4.71. The summed E-state index contributed by atoms with van der Waals surface area (Å²) < 4.78 is 40.1. The van der Waals surface area contributed by atoms with Gasteiger partial charge in [-0.2, -0.15) is 0 Å². The molecule has 3 aromatic heterocycles. The first-order chi connectivity index (χ1) is 16.2. The third kappa shape index (κ3) is 3.62. The van der Waals surface area contributed by atoms with Crippen LogP contribution < -0.4 is 10.1 Å². The first-order valence-electron chi connectivity index (χ1n) is 11.6. The van der Waals surface area contributed by atoms with E-state index in [1.54, 1.807) is 12.3 Å². The number of carbonyl (C=O) groups is 1. The van der Waals surface area contributed by atoms with Crippen LogP contribution in [0, 0.1) is 5.92 Å². The molecule has 7 rings (SSSR count). The standard InChI is InChI=1S/C25H26F2N4O3/c1-14(15-6-7-15)34-18-8-21-29-19(25-11-24(2,12-25)33-13-25)10-31(21)9-16(18)23(32)30-20-5-3-4-17(28-20)22(26)27/h3-5,8-10,14-15,22H,6-7,11-13H2,1-2H3,(H,28,30,32)/t14-,24?,25?/m0/s1. The minimum Gasteiger partial charge on any atom is -0.489 e. The largest absolute Gasteiger partial charge is 0.489 e. The van der Waals surface area contributed by atoms with E-state index in [0.29, 0.717) is 29.5 Å². The van der Waals surface area contributed by atoms with Crippen molar-refractivity contribution in [3.8, 4) is 5.75 Å². The van der Waals surface area contributed by atoms with E-state index in [1.165, 1.54) is 18.2 Å². The lowest BCUT2D eigenvalue weighted by atomic mass is 9.62. The summed E-state index contributed by atoms with van der Waals surface area (Å²) in [6, 6.07) is 5.93. The smallest absolute Gasteiger partial charge is 0.280 e. The Morgan fingerprint density at radius 3 is 2.74 bits per heavy atom. The zero-order valence-electron chi connectivity index (χ0n) is 19.1. The van der Waals surface area contributed by atoms with E-state index < -0.39 is 18.0 Å². The number of fused-ring (bicyclic) bond motifs is 2.